The van der Waals surface area contributed by atoms with Gasteiger partial charge in [0, 0.05) is 5.69 Å². The van der Waals surface area contributed by atoms with Gasteiger partial charge in [0.05, 0.1) is 13.4 Å². The minimum atomic E-state index is 0.188. The number of aromatic amines is 1. The van der Waals surface area contributed by atoms with E-state index in [0.717, 1.165) is 11.4 Å². The number of nitrogen functional groups attached to an aromatic ring is 1. The number of methoxy groups -OCH3 is 1. The van der Waals surface area contributed by atoms with Gasteiger partial charge in [-0.1, -0.05) is 0 Å². The van der Waals surface area contributed by atoms with Gasteiger partial charge in [-0.3, -0.25) is 0 Å². The van der Waals surface area contributed by atoms with Gasteiger partial charge in [0.15, 0.2) is 17.0 Å². The molecule has 0 amide bonds. The smallest absolute Gasteiger partial charge is 0.224 e. The van der Waals surface area contributed by atoms with E-state index in [4.69, 9.17) is 10.5 Å². The second kappa shape index (κ2) is 4.45. The third-order valence-corrected chi connectivity index (χ3v) is 2.65. The Morgan fingerprint density at radius 2 is 2.00 bits per heavy atom. The first-order chi connectivity index (χ1) is 9.26. The highest BCUT2D eigenvalue weighted by Crippen LogP contribution is 2.23. The number of aromatic nitrogens is 4. The second-order valence-electron chi connectivity index (χ2n) is 3.88. The molecule has 96 valence electrons. The van der Waals surface area contributed by atoms with Gasteiger partial charge in [0.2, 0.25) is 5.95 Å². The molecule has 0 saturated heterocycles. The molecule has 3 aromatic rings. The zero-order chi connectivity index (χ0) is 13.2. The Hall–Kier alpha value is -2.83. The molecular formula is C12H12N6O. The largest absolute Gasteiger partial charge is 0.497 e. The molecule has 19 heavy (non-hydrogen) atoms. The molecule has 7 nitrogen and oxygen atoms in total. The van der Waals surface area contributed by atoms with Crippen molar-refractivity contribution in [1.29, 1.82) is 0 Å². The maximum Gasteiger partial charge on any atom is 0.224 e. The van der Waals surface area contributed by atoms with Crippen LogP contribution in [-0.4, -0.2) is 27.0 Å². The van der Waals surface area contributed by atoms with Crippen molar-refractivity contribution in [3.8, 4) is 5.75 Å². The summed E-state index contributed by atoms with van der Waals surface area (Å²) in [5.41, 5.74) is 7.76. The highest BCUT2D eigenvalue weighted by Gasteiger charge is 2.08. The van der Waals surface area contributed by atoms with E-state index in [1.165, 1.54) is 0 Å². The second-order valence-corrected chi connectivity index (χ2v) is 3.88. The summed E-state index contributed by atoms with van der Waals surface area (Å²) in [6, 6.07) is 7.48. The average Bonchev–Trinajstić information content (AvgIpc) is 2.88. The first-order valence-corrected chi connectivity index (χ1v) is 5.64. The number of hydrogen-bond acceptors (Lipinski definition) is 6. The first kappa shape index (κ1) is 11.3. The van der Waals surface area contributed by atoms with Crippen LogP contribution < -0.4 is 15.8 Å². The molecule has 2 aromatic heterocycles. The fourth-order valence-corrected chi connectivity index (χ4v) is 1.75. The van der Waals surface area contributed by atoms with Crippen molar-refractivity contribution in [3.63, 3.8) is 0 Å². The maximum atomic E-state index is 5.65. The topological polar surface area (TPSA) is 102 Å². The van der Waals surface area contributed by atoms with Crippen molar-refractivity contribution in [3.05, 3.63) is 30.6 Å². The summed E-state index contributed by atoms with van der Waals surface area (Å²) in [5, 5.41) is 3.16. The lowest BCUT2D eigenvalue weighted by atomic mass is 10.3. The third kappa shape index (κ3) is 2.13. The van der Waals surface area contributed by atoms with Crippen molar-refractivity contribution in [2.24, 2.45) is 0 Å². The standard InChI is InChI=1S/C12H12N6O/c1-19-8-4-2-7(3-5-8)16-11-9-10(15-6-14-9)17-12(13)18-11/h2-6H,1H3,(H4,13,14,15,16,17,18). The van der Waals surface area contributed by atoms with Crippen LogP contribution in [0.2, 0.25) is 0 Å². The summed E-state index contributed by atoms with van der Waals surface area (Å²) >= 11 is 0. The van der Waals surface area contributed by atoms with Gasteiger partial charge >= 0.3 is 0 Å². The molecule has 0 atom stereocenters. The number of ether oxygens (including phenoxy) is 1. The van der Waals surface area contributed by atoms with E-state index in [1.807, 2.05) is 24.3 Å². The number of fused-ring (bicyclic) bond motifs is 1. The van der Waals surface area contributed by atoms with Gasteiger partial charge in [-0.15, -0.1) is 0 Å². The average molecular weight is 256 g/mol. The molecule has 0 fully saturated rings. The molecule has 0 unspecified atom stereocenters. The summed E-state index contributed by atoms with van der Waals surface area (Å²) in [5.74, 6) is 1.54. The number of benzene rings is 1. The van der Waals surface area contributed by atoms with E-state index >= 15 is 0 Å². The summed E-state index contributed by atoms with van der Waals surface area (Å²) in [4.78, 5) is 15.3. The predicted molar refractivity (Wildman–Crippen MR) is 72.4 cm³/mol. The Balaban J connectivity index is 1.97. The molecule has 0 bridgehead atoms. The Morgan fingerprint density at radius 3 is 2.74 bits per heavy atom. The van der Waals surface area contributed by atoms with Crippen molar-refractivity contribution in [2.75, 3.05) is 18.2 Å². The molecule has 7 heteroatoms. The summed E-state index contributed by atoms with van der Waals surface area (Å²) in [6.45, 7) is 0. The van der Waals surface area contributed by atoms with E-state index in [1.54, 1.807) is 13.4 Å². The van der Waals surface area contributed by atoms with Crippen molar-refractivity contribution in [1.82, 2.24) is 19.9 Å². The highest BCUT2D eigenvalue weighted by molar-refractivity contribution is 5.85. The monoisotopic (exact) mass is 256 g/mol. The normalized spacial score (nSPS) is 10.6. The summed E-state index contributed by atoms with van der Waals surface area (Å²) in [7, 11) is 1.63. The lowest BCUT2D eigenvalue weighted by molar-refractivity contribution is 0.415. The number of imidazole rings is 1. The lowest BCUT2D eigenvalue weighted by Gasteiger charge is -2.07. The fourth-order valence-electron chi connectivity index (χ4n) is 1.75. The van der Waals surface area contributed by atoms with E-state index in [2.05, 4.69) is 25.3 Å². The SMILES string of the molecule is COc1ccc(Nc2nc(N)nc3[nH]cnc23)cc1. The predicted octanol–water partition coefficient (Wildman–Crippen LogP) is 1.69. The van der Waals surface area contributed by atoms with Crippen molar-refractivity contribution >= 4 is 28.6 Å². The van der Waals surface area contributed by atoms with Crippen LogP contribution in [0.1, 0.15) is 0 Å². The molecule has 0 radical (unpaired) electrons. The molecule has 3 rings (SSSR count). The molecule has 0 aliphatic carbocycles. The number of nitrogens with two attached hydrogens (primary N) is 1. The maximum absolute atomic E-state index is 5.65. The summed E-state index contributed by atoms with van der Waals surface area (Å²) < 4.78 is 5.11. The molecular weight excluding hydrogens is 244 g/mol. The van der Waals surface area contributed by atoms with Crippen LogP contribution in [0, 0.1) is 0 Å². The van der Waals surface area contributed by atoms with Crippen LogP contribution in [0.15, 0.2) is 30.6 Å². The van der Waals surface area contributed by atoms with Gasteiger partial charge in [-0.25, -0.2) is 4.98 Å². The third-order valence-electron chi connectivity index (χ3n) is 2.65. The minimum Gasteiger partial charge on any atom is -0.497 e. The quantitative estimate of drug-likeness (QED) is 0.659. The van der Waals surface area contributed by atoms with E-state index in [-0.39, 0.29) is 5.95 Å². The molecule has 2 heterocycles. The van der Waals surface area contributed by atoms with Gasteiger partial charge in [0.1, 0.15) is 5.75 Å². The zero-order valence-electron chi connectivity index (χ0n) is 10.2. The number of anilines is 3. The highest BCUT2D eigenvalue weighted by atomic mass is 16.5. The molecule has 0 aliphatic rings. The van der Waals surface area contributed by atoms with Crippen LogP contribution >= 0.6 is 0 Å². The van der Waals surface area contributed by atoms with E-state index in [9.17, 15) is 0 Å². The zero-order valence-corrected chi connectivity index (χ0v) is 10.2. The minimum absolute atomic E-state index is 0.188. The Bertz CT molecular complexity index is 706. The lowest BCUT2D eigenvalue weighted by Crippen LogP contribution is -2.01. The van der Waals surface area contributed by atoms with Crippen LogP contribution in [-0.2, 0) is 0 Å². The first-order valence-electron chi connectivity index (χ1n) is 5.64. The summed E-state index contributed by atoms with van der Waals surface area (Å²) in [6.07, 6.45) is 1.55. The molecule has 0 saturated carbocycles. The fraction of sp³-hybridized carbons (Fsp3) is 0.0833. The van der Waals surface area contributed by atoms with Gasteiger partial charge < -0.3 is 20.8 Å². The van der Waals surface area contributed by atoms with Crippen LogP contribution in [0.5, 0.6) is 5.75 Å². The van der Waals surface area contributed by atoms with Crippen LogP contribution in [0.25, 0.3) is 11.2 Å². The molecule has 4 N–H and O–H groups in total. The van der Waals surface area contributed by atoms with Crippen LogP contribution in [0.4, 0.5) is 17.5 Å². The van der Waals surface area contributed by atoms with E-state index in [0.29, 0.717) is 17.0 Å². The van der Waals surface area contributed by atoms with Gasteiger partial charge in [-0.2, -0.15) is 9.97 Å². The number of H-pyrrole nitrogens is 1. The number of rotatable bonds is 3. The number of nitrogens with one attached hydrogen (secondary N) is 2. The van der Waals surface area contributed by atoms with E-state index < -0.39 is 0 Å². The van der Waals surface area contributed by atoms with Crippen LogP contribution in [0.3, 0.4) is 0 Å². The Kier molecular flexibility index (Phi) is 2.64. The van der Waals surface area contributed by atoms with Crippen molar-refractivity contribution in [2.45, 2.75) is 0 Å². The number of hydrogen-bond donors (Lipinski definition) is 3. The Labute approximate surface area is 108 Å². The van der Waals surface area contributed by atoms with Gasteiger partial charge in [0.25, 0.3) is 0 Å². The van der Waals surface area contributed by atoms with Crippen molar-refractivity contribution < 1.29 is 4.74 Å². The molecule has 1 aromatic carbocycles. The number of nitrogens with zero attached hydrogens (tertiary/aromatic N) is 3. The Morgan fingerprint density at radius 1 is 1.21 bits per heavy atom. The molecule has 0 aliphatic heterocycles. The van der Waals surface area contributed by atoms with Gasteiger partial charge in [-0.05, 0) is 24.3 Å². The molecule has 0 spiro atoms.